The predicted octanol–water partition coefficient (Wildman–Crippen LogP) is 6.28. The van der Waals surface area contributed by atoms with Crippen molar-refractivity contribution in [1.29, 1.82) is 0 Å². The van der Waals surface area contributed by atoms with Crippen LogP contribution in [-0.2, 0) is 0 Å². The SMILES string of the molecule is Cc1cc([C@@H](C)Nc2ccccc2C(=O)O)c2oc(N3CC[C@@H](c4ccccc4)C3)c(C)c(=O)c2c1. The lowest BCUT2D eigenvalue weighted by Gasteiger charge is -2.22. The first kappa shape index (κ1) is 23.7. The van der Waals surface area contributed by atoms with Crippen LogP contribution in [0.15, 0.2) is 75.9 Å². The lowest BCUT2D eigenvalue weighted by molar-refractivity contribution is 0.0698. The van der Waals surface area contributed by atoms with Crippen molar-refractivity contribution in [2.75, 3.05) is 23.3 Å². The summed E-state index contributed by atoms with van der Waals surface area (Å²) in [5.41, 5.74) is 4.91. The summed E-state index contributed by atoms with van der Waals surface area (Å²) in [5.74, 6) is 0.0113. The molecule has 2 atom stereocenters. The maximum atomic E-state index is 13.5. The Morgan fingerprint density at radius 2 is 1.81 bits per heavy atom. The van der Waals surface area contributed by atoms with Crippen molar-refractivity contribution >= 4 is 28.5 Å². The van der Waals surface area contributed by atoms with Crippen molar-refractivity contribution in [3.05, 3.63) is 105 Å². The standard InChI is InChI=1S/C30H30N2O4/c1-18-15-24(20(3)31-26-12-8-7-11-23(26)30(34)35)28-25(16-18)27(33)19(2)29(36-28)32-14-13-22(17-32)21-9-5-4-6-10-21/h4-12,15-16,20,22,31H,13-14,17H2,1-3H3,(H,34,35)/t20-,22-/m1/s1. The molecular formula is C30H30N2O4. The zero-order chi connectivity index (χ0) is 25.4. The summed E-state index contributed by atoms with van der Waals surface area (Å²) in [5, 5.41) is 13.5. The van der Waals surface area contributed by atoms with Gasteiger partial charge in [0, 0.05) is 30.3 Å². The summed E-state index contributed by atoms with van der Waals surface area (Å²) in [6.45, 7) is 7.35. The molecule has 5 rings (SSSR count). The minimum atomic E-state index is -0.995. The van der Waals surface area contributed by atoms with E-state index in [-0.39, 0.29) is 17.0 Å². The van der Waals surface area contributed by atoms with Gasteiger partial charge in [0.15, 0.2) is 5.43 Å². The van der Waals surface area contributed by atoms with E-state index in [9.17, 15) is 14.7 Å². The monoisotopic (exact) mass is 482 g/mol. The summed E-state index contributed by atoms with van der Waals surface area (Å²) < 4.78 is 6.53. The molecule has 1 fully saturated rings. The average Bonchev–Trinajstić information content (AvgIpc) is 3.37. The fourth-order valence-electron chi connectivity index (χ4n) is 5.23. The van der Waals surface area contributed by atoms with Crippen LogP contribution in [0.3, 0.4) is 0 Å². The van der Waals surface area contributed by atoms with Crippen LogP contribution in [-0.4, -0.2) is 24.2 Å². The number of benzene rings is 3. The smallest absolute Gasteiger partial charge is 0.337 e. The maximum Gasteiger partial charge on any atom is 0.337 e. The average molecular weight is 483 g/mol. The highest BCUT2D eigenvalue weighted by Crippen LogP contribution is 2.35. The molecule has 36 heavy (non-hydrogen) atoms. The Morgan fingerprint density at radius 1 is 1.08 bits per heavy atom. The quantitative estimate of drug-likeness (QED) is 0.337. The molecule has 4 aromatic rings. The Labute approximate surface area is 210 Å². The molecule has 0 bridgehead atoms. The van der Waals surface area contributed by atoms with Gasteiger partial charge in [-0.05, 0) is 56.5 Å². The van der Waals surface area contributed by atoms with Crippen LogP contribution in [0.5, 0.6) is 0 Å². The molecule has 1 aliphatic heterocycles. The van der Waals surface area contributed by atoms with E-state index in [1.807, 2.05) is 39.0 Å². The van der Waals surface area contributed by atoms with Crippen LogP contribution in [0, 0.1) is 13.8 Å². The van der Waals surface area contributed by atoms with Gasteiger partial charge in [-0.2, -0.15) is 0 Å². The van der Waals surface area contributed by atoms with Gasteiger partial charge in [-0.15, -0.1) is 0 Å². The molecule has 1 aromatic heterocycles. The minimum Gasteiger partial charge on any atom is -0.478 e. The molecule has 1 aliphatic rings. The van der Waals surface area contributed by atoms with E-state index >= 15 is 0 Å². The van der Waals surface area contributed by atoms with E-state index < -0.39 is 5.97 Å². The second-order valence-electron chi connectivity index (χ2n) is 9.65. The molecule has 2 N–H and O–H groups in total. The van der Waals surface area contributed by atoms with Crippen LogP contribution in [0.2, 0.25) is 0 Å². The number of hydrogen-bond acceptors (Lipinski definition) is 5. The number of nitrogens with one attached hydrogen (secondary N) is 1. The Bertz CT molecular complexity index is 1490. The molecule has 0 radical (unpaired) electrons. The van der Waals surface area contributed by atoms with E-state index in [0.717, 1.165) is 30.6 Å². The van der Waals surface area contributed by atoms with E-state index in [1.165, 1.54) is 5.56 Å². The summed E-state index contributed by atoms with van der Waals surface area (Å²) >= 11 is 0. The van der Waals surface area contributed by atoms with E-state index in [1.54, 1.807) is 24.3 Å². The third kappa shape index (κ3) is 4.35. The number of aromatic carboxylic acids is 1. The minimum absolute atomic E-state index is 0.0301. The van der Waals surface area contributed by atoms with Crippen molar-refractivity contribution in [2.24, 2.45) is 0 Å². The number of rotatable bonds is 6. The van der Waals surface area contributed by atoms with Crippen molar-refractivity contribution < 1.29 is 14.3 Å². The number of hydrogen-bond donors (Lipinski definition) is 2. The number of para-hydroxylation sites is 1. The molecule has 0 spiro atoms. The second kappa shape index (κ2) is 9.53. The molecule has 3 aromatic carbocycles. The molecular weight excluding hydrogens is 452 g/mol. The van der Waals surface area contributed by atoms with Crippen molar-refractivity contribution in [3.63, 3.8) is 0 Å². The zero-order valence-corrected chi connectivity index (χ0v) is 20.7. The van der Waals surface area contributed by atoms with Crippen molar-refractivity contribution in [1.82, 2.24) is 0 Å². The molecule has 0 amide bonds. The summed E-state index contributed by atoms with van der Waals surface area (Å²) in [6.07, 6.45) is 0.996. The van der Waals surface area contributed by atoms with Crippen LogP contribution >= 0.6 is 0 Å². The number of carboxylic acids is 1. The van der Waals surface area contributed by atoms with Crippen LogP contribution < -0.4 is 15.6 Å². The summed E-state index contributed by atoms with van der Waals surface area (Å²) in [6, 6.07) is 20.9. The molecule has 0 aliphatic carbocycles. The molecule has 184 valence electrons. The number of anilines is 2. The molecule has 6 heteroatoms. The van der Waals surface area contributed by atoms with Gasteiger partial charge in [-0.25, -0.2) is 4.79 Å². The predicted molar refractivity (Wildman–Crippen MR) is 143 cm³/mol. The lowest BCUT2D eigenvalue weighted by atomic mass is 9.99. The van der Waals surface area contributed by atoms with Crippen LogP contribution in [0.4, 0.5) is 11.6 Å². The highest BCUT2D eigenvalue weighted by Gasteiger charge is 2.28. The normalized spacial score (nSPS) is 16.3. The van der Waals surface area contributed by atoms with Gasteiger partial charge in [0.1, 0.15) is 5.58 Å². The molecule has 2 heterocycles. The van der Waals surface area contributed by atoms with Gasteiger partial charge in [0.25, 0.3) is 0 Å². The Hall–Kier alpha value is -4.06. The highest BCUT2D eigenvalue weighted by molar-refractivity contribution is 5.94. The van der Waals surface area contributed by atoms with Gasteiger partial charge in [-0.1, -0.05) is 48.5 Å². The number of carbonyl (C=O) groups is 1. The molecule has 6 nitrogen and oxygen atoms in total. The molecule has 0 saturated carbocycles. The second-order valence-corrected chi connectivity index (χ2v) is 9.65. The Kier molecular flexibility index (Phi) is 6.27. The maximum absolute atomic E-state index is 13.5. The number of nitrogens with zero attached hydrogens (tertiary/aromatic N) is 1. The van der Waals surface area contributed by atoms with Gasteiger partial charge in [0.05, 0.1) is 22.6 Å². The van der Waals surface area contributed by atoms with Crippen LogP contribution in [0.25, 0.3) is 11.0 Å². The van der Waals surface area contributed by atoms with Crippen LogP contribution in [0.1, 0.15) is 57.9 Å². The van der Waals surface area contributed by atoms with Gasteiger partial charge in [-0.3, -0.25) is 4.79 Å². The topological polar surface area (TPSA) is 82.8 Å². The molecule has 0 unspecified atom stereocenters. The third-order valence-electron chi connectivity index (χ3n) is 7.11. The van der Waals surface area contributed by atoms with Gasteiger partial charge in [0.2, 0.25) is 5.88 Å². The van der Waals surface area contributed by atoms with Crippen molar-refractivity contribution in [2.45, 2.75) is 39.2 Å². The first-order chi connectivity index (χ1) is 17.3. The van der Waals surface area contributed by atoms with E-state index in [2.05, 4.69) is 34.5 Å². The van der Waals surface area contributed by atoms with E-state index in [0.29, 0.717) is 34.0 Å². The van der Waals surface area contributed by atoms with Gasteiger partial charge < -0.3 is 19.7 Å². The summed E-state index contributed by atoms with van der Waals surface area (Å²) in [7, 11) is 0. The third-order valence-corrected chi connectivity index (χ3v) is 7.11. The number of carboxylic acid groups (broad SMARTS) is 1. The van der Waals surface area contributed by atoms with E-state index in [4.69, 9.17) is 4.42 Å². The first-order valence-electron chi connectivity index (χ1n) is 12.3. The van der Waals surface area contributed by atoms with Gasteiger partial charge >= 0.3 is 5.97 Å². The lowest BCUT2D eigenvalue weighted by Crippen LogP contribution is -2.23. The van der Waals surface area contributed by atoms with Crippen molar-refractivity contribution in [3.8, 4) is 0 Å². The highest BCUT2D eigenvalue weighted by atomic mass is 16.4. The number of fused-ring (bicyclic) bond motifs is 1. The Morgan fingerprint density at radius 3 is 2.56 bits per heavy atom. The Balaban J connectivity index is 1.55. The number of aryl methyl sites for hydroxylation is 1. The fourth-order valence-corrected chi connectivity index (χ4v) is 5.23. The molecule has 1 saturated heterocycles. The summed E-state index contributed by atoms with van der Waals surface area (Å²) in [4.78, 5) is 27.4. The first-order valence-corrected chi connectivity index (χ1v) is 12.3. The zero-order valence-electron chi connectivity index (χ0n) is 20.7. The largest absolute Gasteiger partial charge is 0.478 e. The fraction of sp³-hybridized carbons (Fsp3) is 0.267.